The van der Waals surface area contributed by atoms with E-state index in [-0.39, 0.29) is 11.8 Å². The number of likely N-dealkylation sites (tertiary alicyclic amines) is 1. The number of methoxy groups -OCH3 is 1. The van der Waals surface area contributed by atoms with Crippen molar-refractivity contribution in [3.8, 4) is 0 Å². The summed E-state index contributed by atoms with van der Waals surface area (Å²) in [5.74, 6) is 1.87. The topological polar surface area (TPSA) is 76.4 Å². The maximum absolute atomic E-state index is 13.1. The van der Waals surface area contributed by atoms with E-state index < -0.39 is 0 Å². The number of aromatic nitrogens is 4. The summed E-state index contributed by atoms with van der Waals surface area (Å²) in [6.07, 6.45) is 7.44. The molecule has 0 aliphatic carbocycles. The second kappa shape index (κ2) is 8.47. The smallest absolute Gasteiger partial charge is 0.257 e. The number of imidazole rings is 1. The normalized spacial score (nSPS) is 17.2. The number of nitrogens with zero attached hydrogens (tertiary/aromatic N) is 6. The van der Waals surface area contributed by atoms with Crippen LogP contribution in [0, 0.1) is 6.92 Å². The minimum absolute atomic E-state index is 0.00231. The number of carbonyl (C=O) groups excluding carboxylic acids is 1. The first-order valence-corrected chi connectivity index (χ1v) is 9.31. The zero-order valence-corrected chi connectivity index (χ0v) is 16.6. The van der Waals surface area contributed by atoms with E-state index in [2.05, 4.69) is 19.5 Å². The third-order valence-electron chi connectivity index (χ3n) is 4.95. The zero-order valence-electron chi connectivity index (χ0n) is 16.6. The van der Waals surface area contributed by atoms with Crippen LogP contribution in [0.15, 0.2) is 18.6 Å². The van der Waals surface area contributed by atoms with Crippen LogP contribution in [0.5, 0.6) is 0 Å². The highest BCUT2D eigenvalue weighted by molar-refractivity contribution is 5.95. The lowest BCUT2D eigenvalue weighted by atomic mass is 9.96. The number of hydrogen-bond donors (Lipinski definition) is 0. The van der Waals surface area contributed by atoms with Gasteiger partial charge in [-0.3, -0.25) is 4.79 Å². The van der Waals surface area contributed by atoms with E-state index in [1.54, 1.807) is 13.3 Å². The fourth-order valence-corrected chi connectivity index (χ4v) is 3.48. The molecule has 1 amide bonds. The summed E-state index contributed by atoms with van der Waals surface area (Å²) in [5, 5.41) is 0. The van der Waals surface area contributed by atoms with Crippen molar-refractivity contribution in [1.82, 2.24) is 24.4 Å². The fraction of sp³-hybridized carbons (Fsp3) is 0.579. The third-order valence-corrected chi connectivity index (χ3v) is 4.95. The summed E-state index contributed by atoms with van der Waals surface area (Å²) in [5.41, 5.74) is 1.28. The Morgan fingerprint density at radius 1 is 1.37 bits per heavy atom. The standard InChI is InChI=1S/C19H28N6O2/c1-14-16(12-21-19(22-14)23(2)3)18(26)25-8-5-6-15(13-25)17-20-7-9-24(17)10-11-27-4/h7,9,12,15H,5-6,8,10-11,13H2,1-4H3/t15-/m1/s1. The molecule has 0 N–H and O–H groups in total. The number of hydrogen-bond acceptors (Lipinski definition) is 6. The zero-order chi connectivity index (χ0) is 19.4. The first kappa shape index (κ1) is 19.3. The molecular weight excluding hydrogens is 344 g/mol. The lowest BCUT2D eigenvalue weighted by Crippen LogP contribution is -2.40. The van der Waals surface area contributed by atoms with Gasteiger partial charge in [0.05, 0.1) is 17.9 Å². The molecule has 2 aromatic heterocycles. The molecule has 0 saturated carbocycles. The molecule has 0 bridgehead atoms. The lowest BCUT2D eigenvalue weighted by molar-refractivity contribution is 0.0701. The third kappa shape index (κ3) is 4.27. The Balaban J connectivity index is 1.74. The van der Waals surface area contributed by atoms with Crippen LogP contribution in [0.2, 0.25) is 0 Å². The monoisotopic (exact) mass is 372 g/mol. The summed E-state index contributed by atoms with van der Waals surface area (Å²) in [6.45, 7) is 4.70. The molecule has 0 spiro atoms. The predicted octanol–water partition coefficient (Wildman–Crippen LogP) is 1.71. The number of piperidine rings is 1. The van der Waals surface area contributed by atoms with Gasteiger partial charge in [0, 0.05) is 65.3 Å². The number of carbonyl (C=O) groups is 1. The van der Waals surface area contributed by atoms with Gasteiger partial charge >= 0.3 is 0 Å². The van der Waals surface area contributed by atoms with Gasteiger partial charge in [0.15, 0.2) is 0 Å². The Morgan fingerprint density at radius 3 is 2.89 bits per heavy atom. The molecule has 27 heavy (non-hydrogen) atoms. The summed E-state index contributed by atoms with van der Waals surface area (Å²) in [6, 6.07) is 0. The molecule has 3 heterocycles. The van der Waals surface area contributed by atoms with E-state index in [0.717, 1.165) is 31.8 Å². The summed E-state index contributed by atoms with van der Waals surface area (Å²) < 4.78 is 7.31. The van der Waals surface area contributed by atoms with Crippen LogP contribution >= 0.6 is 0 Å². The Labute approximate surface area is 160 Å². The van der Waals surface area contributed by atoms with Gasteiger partial charge in [-0.25, -0.2) is 15.0 Å². The van der Waals surface area contributed by atoms with Crippen molar-refractivity contribution in [2.45, 2.75) is 32.2 Å². The quantitative estimate of drug-likeness (QED) is 0.768. The van der Waals surface area contributed by atoms with Crippen molar-refractivity contribution in [2.75, 3.05) is 45.8 Å². The van der Waals surface area contributed by atoms with Crippen LogP contribution < -0.4 is 4.90 Å². The van der Waals surface area contributed by atoms with Crippen molar-refractivity contribution >= 4 is 11.9 Å². The minimum Gasteiger partial charge on any atom is -0.383 e. The second-order valence-corrected chi connectivity index (χ2v) is 7.13. The molecular formula is C19H28N6O2. The Kier molecular flexibility index (Phi) is 6.05. The Hall–Kier alpha value is -2.48. The van der Waals surface area contributed by atoms with Crippen LogP contribution in [0.1, 0.15) is 40.6 Å². The van der Waals surface area contributed by atoms with Gasteiger partial charge in [-0.2, -0.15) is 0 Å². The largest absolute Gasteiger partial charge is 0.383 e. The number of rotatable bonds is 6. The fourth-order valence-electron chi connectivity index (χ4n) is 3.48. The highest BCUT2D eigenvalue weighted by atomic mass is 16.5. The minimum atomic E-state index is -0.00231. The van der Waals surface area contributed by atoms with Crippen LogP contribution in [0.25, 0.3) is 0 Å². The molecule has 1 aliphatic heterocycles. The highest BCUT2D eigenvalue weighted by Crippen LogP contribution is 2.27. The molecule has 0 aromatic carbocycles. The number of aryl methyl sites for hydroxylation is 1. The molecule has 1 fully saturated rings. The van der Waals surface area contributed by atoms with Crippen LogP contribution in [0.3, 0.4) is 0 Å². The van der Waals surface area contributed by atoms with E-state index in [9.17, 15) is 4.79 Å². The van der Waals surface area contributed by atoms with Gasteiger partial charge in [0.1, 0.15) is 5.82 Å². The van der Waals surface area contributed by atoms with Gasteiger partial charge in [-0.15, -0.1) is 0 Å². The molecule has 8 nitrogen and oxygen atoms in total. The summed E-state index contributed by atoms with van der Waals surface area (Å²) in [4.78, 5) is 30.1. The van der Waals surface area contributed by atoms with Gasteiger partial charge < -0.3 is 19.1 Å². The molecule has 1 atom stereocenters. The molecule has 3 rings (SSSR count). The number of amides is 1. The average Bonchev–Trinajstić information content (AvgIpc) is 3.14. The van der Waals surface area contributed by atoms with Crippen molar-refractivity contribution in [2.24, 2.45) is 0 Å². The van der Waals surface area contributed by atoms with Gasteiger partial charge in [-0.1, -0.05) is 0 Å². The Bertz CT molecular complexity index is 788. The summed E-state index contributed by atoms with van der Waals surface area (Å²) in [7, 11) is 5.47. The average molecular weight is 372 g/mol. The van der Waals surface area contributed by atoms with Gasteiger partial charge in [0.2, 0.25) is 5.95 Å². The van der Waals surface area contributed by atoms with Gasteiger partial charge in [0.25, 0.3) is 5.91 Å². The SMILES string of the molecule is COCCn1ccnc1[C@@H]1CCCN(C(=O)c2cnc(N(C)C)nc2C)C1. The van der Waals surface area contributed by atoms with Crippen molar-refractivity contribution < 1.29 is 9.53 Å². The van der Waals surface area contributed by atoms with E-state index >= 15 is 0 Å². The summed E-state index contributed by atoms with van der Waals surface area (Å²) >= 11 is 0. The first-order valence-electron chi connectivity index (χ1n) is 9.31. The number of ether oxygens (including phenoxy) is 1. The second-order valence-electron chi connectivity index (χ2n) is 7.13. The molecule has 146 valence electrons. The first-order chi connectivity index (χ1) is 13.0. The van der Waals surface area contributed by atoms with Crippen LogP contribution in [-0.4, -0.2) is 71.2 Å². The molecule has 1 aliphatic rings. The molecule has 2 aromatic rings. The maximum atomic E-state index is 13.1. The van der Waals surface area contributed by atoms with Crippen molar-refractivity contribution in [3.63, 3.8) is 0 Å². The van der Waals surface area contributed by atoms with Crippen LogP contribution in [-0.2, 0) is 11.3 Å². The van der Waals surface area contributed by atoms with E-state index in [0.29, 0.717) is 30.4 Å². The predicted molar refractivity (Wildman–Crippen MR) is 103 cm³/mol. The van der Waals surface area contributed by atoms with E-state index in [1.165, 1.54) is 0 Å². The van der Waals surface area contributed by atoms with Crippen molar-refractivity contribution in [3.05, 3.63) is 35.7 Å². The molecule has 0 unspecified atom stereocenters. The lowest BCUT2D eigenvalue weighted by Gasteiger charge is -2.33. The van der Waals surface area contributed by atoms with Crippen molar-refractivity contribution in [1.29, 1.82) is 0 Å². The maximum Gasteiger partial charge on any atom is 0.257 e. The number of anilines is 1. The molecule has 1 saturated heterocycles. The van der Waals surface area contributed by atoms with Gasteiger partial charge in [-0.05, 0) is 19.8 Å². The van der Waals surface area contributed by atoms with E-state index in [4.69, 9.17) is 4.74 Å². The Morgan fingerprint density at radius 2 is 2.19 bits per heavy atom. The molecule has 0 radical (unpaired) electrons. The van der Waals surface area contributed by atoms with E-state index in [1.807, 2.05) is 43.2 Å². The molecule has 8 heteroatoms. The highest BCUT2D eigenvalue weighted by Gasteiger charge is 2.29. The van der Waals surface area contributed by atoms with Crippen LogP contribution in [0.4, 0.5) is 5.95 Å².